The maximum Gasteiger partial charge on any atom is 0.222 e. The number of hydrogen-bond donors (Lipinski definition) is 1. The monoisotopic (exact) mass is 267 g/mol. The molecule has 108 valence electrons. The topological polar surface area (TPSA) is 47.6 Å². The van der Waals surface area contributed by atoms with E-state index in [4.69, 9.17) is 9.47 Å². The van der Waals surface area contributed by atoms with Crippen molar-refractivity contribution in [3.8, 4) is 5.75 Å². The van der Waals surface area contributed by atoms with E-state index in [1.54, 1.807) is 7.05 Å². The molecule has 0 aliphatic rings. The van der Waals surface area contributed by atoms with Crippen molar-refractivity contribution in [1.82, 2.24) is 5.32 Å². The Morgan fingerprint density at radius 1 is 1.11 bits per heavy atom. The van der Waals surface area contributed by atoms with Crippen LogP contribution in [0.1, 0.15) is 26.7 Å². The maximum atomic E-state index is 10.9. The third kappa shape index (κ3) is 10.1. The van der Waals surface area contributed by atoms with Gasteiger partial charge in [0.15, 0.2) is 0 Å². The number of nitrogens with one attached hydrogen (secondary N) is 1. The fourth-order valence-corrected chi connectivity index (χ4v) is 1.26. The van der Waals surface area contributed by atoms with Gasteiger partial charge in [0.2, 0.25) is 5.91 Å². The molecule has 1 N–H and O–H groups in total. The zero-order valence-corrected chi connectivity index (χ0v) is 12.1. The lowest BCUT2D eigenvalue weighted by atomic mass is 10.3. The first-order valence-electron chi connectivity index (χ1n) is 6.79. The summed E-state index contributed by atoms with van der Waals surface area (Å²) in [4.78, 5) is 10.9. The Kier molecular flexibility index (Phi) is 11.8. The lowest BCUT2D eigenvalue weighted by Gasteiger charge is -2.06. The van der Waals surface area contributed by atoms with Crippen molar-refractivity contribution in [2.24, 2.45) is 0 Å². The summed E-state index contributed by atoms with van der Waals surface area (Å²) in [5, 5.41) is 2.54. The molecule has 1 aromatic carbocycles. The van der Waals surface area contributed by atoms with Gasteiger partial charge in [-0.05, 0) is 12.1 Å². The number of rotatable bonds is 8. The van der Waals surface area contributed by atoms with Gasteiger partial charge in [0, 0.05) is 26.5 Å². The van der Waals surface area contributed by atoms with Gasteiger partial charge in [-0.15, -0.1) is 0 Å². The zero-order valence-electron chi connectivity index (χ0n) is 12.1. The van der Waals surface area contributed by atoms with Crippen LogP contribution in [0.4, 0.5) is 0 Å². The van der Waals surface area contributed by atoms with Crippen molar-refractivity contribution in [3.05, 3.63) is 30.3 Å². The second-order valence-electron chi connectivity index (χ2n) is 3.55. The average molecular weight is 267 g/mol. The van der Waals surface area contributed by atoms with Crippen LogP contribution in [0.5, 0.6) is 5.75 Å². The van der Waals surface area contributed by atoms with Gasteiger partial charge in [-0.2, -0.15) is 0 Å². The summed E-state index contributed by atoms with van der Waals surface area (Å²) in [5.41, 5.74) is 0. The SMILES string of the molecule is CC.CNC(=O)CCOCCCOc1ccccc1. The van der Waals surface area contributed by atoms with Gasteiger partial charge in [0.25, 0.3) is 0 Å². The predicted molar refractivity (Wildman–Crippen MR) is 77.4 cm³/mol. The van der Waals surface area contributed by atoms with E-state index in [1.807, 2.05) is 44.2 Å². The molecule has 1 rings (SSSR count). The van der Waals surface area contributed by atoms with Crippen molar-refractivity contribution in [2.75, 3.05) is 26.9 Å². The normalized spacial score (nSPS) is 9.21. The Morgan fingerprint density at radius 3 is 2.42 bits per heavy atom. The molecule has 0 saturated carbocycles. The highest BCUT2D eigenvalue weighted by Crippen LogP contribution is 2.08. The van der Waals surface area contributed by atoms with Crippen LogP contribution in [0.25, 0.3) is 0 Å². The van der Waals surface area contributed by atoms with E-state index in [9.17, 15) is 4.79 Å². The second-order valence-corrected chi connectivity index (χ2v) is 3.55. The van der Waals surface area contributed by atoms with E-state index >= 15 is 0 Å². The van der Waals surface area contributed by atoms with E-state index in [2.05, 4.69) is 5.32 Å². The molecule has 0 unspecified atom stereocenters. The molecule has 0 heterocycles. The average Bonchev–Trinajstić information content (AvgIpc) is 2.49. The molecule has 0 bridgehead atoms. The van der Waals surface area contributed by atoms with Crippen molar-refractivity contribution in [3.63, 3.8) is 0 Å². The van der Waals surface area contributed by atoms with Crippen molar-refractivity contribution < 1.29 is 14.3 Å². The molecule has 4 nitrogen and oxygen atoms in total. The van der Waals surface area contributed by atoms with Crippen molar-refractivity contribution in [1.29, 1.82) is 0 Å². The molecule has 0 saturated heterocycles. The van der Waals surface area contributed by atoms with Crippen LogP contribution < -0.4 is 10.1 Å². The zero-order chi connectivity index (χ0) is 14.3. The van der Waals surface area contributed by atoms with Gasteiger partial charge >= 0.3 is 0 Å². The van der Waals surface area contributed by atoms with Gasteiger partial charge in [-0.3, -0.25) is 4.79 Å². The Hall–Kier alpha value is -1.55. The van der Waals surface area contributed by atoms with Crippen LogP contribution in [-0.2, 0) is 9.53 Å². The molecule has 19 heavy (non-hydrogen) atoms. The van der Waals surface area contributed by atoms with Gasteiger partial charge < -0.3 is 14.8 Å². The fourth-order valence-electron chi connectivity index (χ4n) is 1.26. The first-order valence-corrected chi connectivity index (χ1v) is 6.79. The molecule has 0 aromatic heterocycles. The number of carbonyl (C=O) groups excluding carboxylic acids is 1. The number of ether oxygens (including phenoxy) is 2. The Bertz CT molecular complexity index is 314. The molecule has 0 aliphatic heterocycles. The van der Waals surface area contributed by atoms with Crippen LogP contribution >= 0.6 is 0 Å². The summed E-state index contributed by atoms with van der Waals surface area (Å²) >= 11 is 0. The molecule has 0 aliphatic carbocycles. The van der Waals surface area contributed by atoms with Crippen molar-refractivity contribution >= 4 is 5.91 Å². The first-order chi connectivity index (χ1) is 9.33. The highest BCUT2D eigenvalue weighted by Gasteiger charge is 1.97. The molecular weight excluding hydrogens is 242 g/mol. The number of para-hydroxylation sites is 1. The summed E-state index contributed by atoms with van der Waals surface area (Å²) in [6.07, 6.45) is 1.23. The standard InChI is InChI=1S/C13H19NO3.C2H6/c1-14-13(15)8-11-16-9-5-10-17-12-6-3-2-4-7-12;1-2/h2-4,6-7H,5,8-11H2,1H3,(H,14,15);1-2H3. The largest absolute Gasteiger partial charge is 0.494 e. The summed E-state index contributed by atoms with van der Waals surface area (Å²) in [6.45, 7) is 5.71. The lowest BCUT2D eigenvalue weighted by molar-refractivity contribution is -0.121. The van der Waals surface area contributed by atoms with Crippen molar-refractivity contribution in [2.45, 2.75) is 26.7 Å². The number of hydrogen-bond acceptors (Lipinski definition) is 3. The Labute approximate surface area is 116 Å². The van der Waals surface area contributed by atoms with Crippen LogP contribution in [0.3, 0.4) is 0 Å². The van der Waals surface area contributed by atoms with Gasteiger partial charge in [0.1, 0.15) is 5.75 Å². The third-order valence-electron chi connectivity index (χ3n) is 2.20. The Morgan fingerprint density at radius 2 is 1.79 bits per heavy atom. The number of carbonyl (C=O) groups is 1. The minimum absolute atomic E-state index is 0.00513. The van der Waals surface area contributed by atoms with E-state index in [0.717, 1.165) is 12.2 Å². The maximum absolute atomic E-state index is 10.9. The number of amides is 1. The van der Waals surface area contributed by atoms with Gasteiger partial charge in [0.05, 0.1) is 13.2 Å². The quantitative estimate of drug-likeness (QED) is 0.737. The molecule has 1 amide bonds. The summed E-state index contributed by atoms with van der Waals surface area (Å²) in [5.74, 6) is 0.878. The molecular formula is C15H25NO3. The molecule has 4 heteroatoms. The summed E-state index contributed by atoms with van der Waals surface area (Å²) < 4.78 is 10.8. The predicted octanol–water partition coefficient (Wildman–Crippen LogP) is 2.63. The van der Waals surface area contributed by atoms with E-state index in [0.29, 0.717) is 26.2 Å². The minimum atomic E-state index is 0.00513. The van der Waals surface area contributed by atoms with Crippen LogP contribution in [0.2, 0.25) is 0 Å². The highest BCUT2D eigenvalue weighted by atomic mass is 16.5. The van der Waals surface area contributed by atoms with E-state index in [1.165, 1.54) is 0 Å². The third-order valence-corrected chi connectivity index (χ3v) is 2.20. The highest BCUT2D eigenvalue weighted by molar-refractivity contribution is 5.75. The van der Waals surface area contributed by atoms with Crippen LogP contribution in [0.15, 0.2) is 30.3 Å². The minimum Gasteiger partial charge on any atom is -0.494 e. The molecule has 0 atom stereocenters. The smallest absolute Gasteiger partial charge is 0.222 e. The summed E-state index contributed by atoms with van der Waals surface area (Å²) in [6, 6.07) is 9.68. The van der Waals surface area contributed by atoms with Gasteiger partial charge in [-0.25, -0.2) is 0 Å². The Balaban J connectivity index is 0.00000154. The summed E-state index contributed by atoms with van der Waals surface area (Å²) in [7, 11) is 1.62. The first kappa shape index (κ1) is 17.4. The molecule has 0 radical (unpaired) electrons. The van der Waals surface area contributed by atoms with Crippen LogP contribution in [0, 0.1) is 0 Å². The fraction of sp³-hybridized carbons (Fsp3) is 0.533. The lowest BCUT2D eigenvalue weighted by Crippen LogP contribution is -2.19. The number of benzene rings is 1. The molecule has 0 fully saturated rings. The van der Waals surface area contributed by atoms with E-state index < -0.39 is 0 Å². The second kappa shape index (κ2) is 12.9. The van der Waals surface area contributed by atoms with E-state index in [-0.39, 0.29) is 5.91 Å². The van der Waals surface area contributed by atoms with Crippen LogP contribution in [-0.4, -0.2) is 32.8 Å². The molecule has 1 aromatic rings. The van der Waals surface area contributed by atoms with Gasteiger partial charge in [-0.1, -0.05) is 32.0 Å². The molecule has 0 spiro atoms.